The van der Waals surface area contributed by atoms with Crippen LogP contribution in [-0.2, 0) is 18.9 Å². The molecule has 7 aliphatic rings. The summed E-state index contributed by atoms with van der Waals surface area (Å²) < 4.78 is 24.0. The summed E-state index contributed by atoms with van der Waals surface area (Å²) in [6.07, 6.45) is -4.63. The molecule has 7 rings (SSSR count). The summed E-state index contributed by atoms with van der Waals surface area (Å²) in [5.41, 5.74) is 0.476. The molecule has 0 aromatic heterocycles. The van der Waals surface area contributed by atoms with Gasteiger partial charge in [0.15, 0.2) is 12.6 Å². The normalized spacial score (nSPS) is 54.9. The molecule has 13 heteroatoms. The van der Waals surface area contributed by atoms with Crippen LogP contribution in [0.3, 0.4) is 0 Å². The van der Waals surface area contributed by atoms with Gasteiger partial charge in [0.2, 0.25) is 0 Å². The molecule has 2 aliphatic heterocycles. The van der Waals surface area contributed by atoms with E-state index in [9.17, 15) is 46.0 Å². The maximum absolute atomic E-state index is 12.0. The van der Waals surface area contributed by atoms with Gasteiger partial charge in [-0.15, -0.1) is 0 Å². The van der Waals surface area contributed by atoms with Crippen LogP contribution in [0, 0.1) is 44.3 Å². The Balaban J connectivity index is 1.15. The van der Waals surface area contributed by atoms with Gasteiger partial charge in [0.25, 0.3) is 0 Å². The first kappa shape index (κ1) is 42.1. The maximum Gasteiger partial charge on any atom is 0.187 e. The topological polar surface area (TPSA) is 219 Å². The van der Waals surface area contributed by atoms with Crippen LogP contribution in [0.4, 0.5) is 0 Å². The minimum Gasteiger partial charge on any atom is -0.396 e. The smallest absolute Gasteiger partial charge is 0.187 e. The molecule has 2 saturated heterocycles. The van der Waals surface area contributed by atoms with Crippen LogP contribution in [0.1, 0.15) is 99.8 Å². The van der Waals surface area contributed by atoms with E-state index in [1.807, 2.05) is 6.92 Å². The van der Waals surface area contributed by atoms with Gasteiger partial charge in [-0.25, -0.2) is 0 Å². The van der Waals surface area contributed by atoms with E-state index in [-0.39, 0.29) is 46.7 Å². The molecule has 0 bridgehead atoms. The number of ether oxygens (including phenoxy) is 4. The number of allylic oxidation sites excluding steroid dienone is 3. The zero-order valence-corrected chi connectivity index (χ0v) is 33.7. The van der Waals surface area contributed by atoms with Crippen LogP contribution in [0.2, 0.25) is 0 Å². The van der Waals surface area contributed by atoms with Crippen molar-refractivity contribution in [1.29, 1.82) is 0 Å². The monoisotopic (exact) mass is 780 g/mol. The van der Waals surface area contributed by atoms with E-state index in [1.54, 1.807) is 6.92 Å². The van der Waals surface area contributed by atoms with Crippen molar-refractivity contribution < 1.29 is 64.9 Å². The molecule has 0 amide bonds. The lowest BCUT2D eigenvalue weighted by molar-refractivity contribution is -0.367. The average molecular weight is 781 g/mol. The van der Waals surface area contributed by atoms with Crippen LogP contribution in [-0.4, -0.2) is 139 Å². The third-order valence-corrected chi connectivity index (χ3v) is 16.8. The van der Waals surface area contributed by atoms with Gasteiger partial charge >= 0.3 is 0 Å². The summed E-state index contributed by atoms with van der Waals surface area (Å²) in [5.74, 6) is 0.154. The van der Waals surface area contributed by atoms with Gasteiger partial charge in [-0.05, 0) is 91.9 Å². The first-order valence-electron chi connectivity index (χ1n) is 20.6. The Kier molecular flexibility index (Phi) is 11.0. The van der Waals surface area contributed by atoms with E-state index in [1.165, 1.54) is 11.1 Å². The number of rotatable bonds is 7. The number of fused-ring (bicyclic) bond motifs is 6. The molecule has 19 atom stereocenters. The standard InChI is InChI=1S/C42H68O13/c1-21-29(47)34(55-35-32(50)31(49)30(48)24(18-43)53-35)33(51)36(52-21)54-28-11-12-38(4)25(39(28,5)19-44)10-13-40(6)26(38)9-8-22-23-16-37(2,3)14-15-42(23,20-45)27(46)17-41(22,40)7/h8-9,21,24-36,43-51H,10-20H2,1-7H3/t21-,24-,25?,26-,27-,28+,29+,30-,31+,32+,33-,34+,35+,36+,38+,39+,40-,41+,42-/m1/s1. The van der Waals surface area contributed by atoms with Crippen molar-refractivity contribution in [1.82, 2.24) is 0 Å². The van der Waals surface area contributed by atoms with Gasteiger partial charge in [-0.2, -0.15) is 0 Å². The molecule has 1 unspecified atom stereocenters. The van der Waals surface area contributed by atoms with Crippen LogP contribution >= 0.6 is 0 Å². The van der Waals surface area contributed by atoms with Crippen molar-refractivity contribution in [2.24, 2.45) is 44.3 Å². The second-order valence-electron chi connectivity index (χ2n) is 20.3. The van der Waals surface area contributed by atoms with Crippen molar-refractivity contribution in [2.45, 2.75) is 173 Å². The second kappa shape index (κ2) is 14.3. The Morgan fingerprint density at radius 3 is 2.09 bits per heavy atom. The summed E-state index contributed by atoms with van der Waals surface area (Å²) in [7, 11) is 0. The molecule has 0 aromatic carbocycles. The van der Waals surface area contributed by atoms with Gasteiger partial charge in [0.1, 0.15) is 42.7 Å². The summed E-state index contributed by atoms with van der Waals surface area (Å²) in [4.78, 5) is 0. The predicted octanol–water partition coefficient (Wildman–Crippen LogP) is 1.68. The molecular weight excluding hydrogens is 712 g/mol. The summed E-state index contributed by atoms with van der Waals surface area (Å²) in [6.45, 7) is 14.4. The minimum absolute atomic E-state index is 0.0212. The molecule has 0 spiro atoms. The van der Waals surface area contributed by atoms with Gasteiger partial charge < -0.3 is 64.9 Å². The molecule has 314 valence electrons. The highest BCUT2D eigenvalue weighted by Crippen LogP contribution is 2.74. The fourth-order valence-corrected chi connectivity index (χ4v) is 13.0. The fraction of sp³-hybridized carbons (Fsp3) is 0.905. The quantitative estimate of drug-likeness (QED) is 0.168. The zero-order chi connectivity index (χ0) is 40.3. The molecule has 13 nitrogen and oxygen atoms in total. The molecule has 0 radical (unpaired) electrons. The molecule has 5 fully saturated rings. The molecular formula is C42H68O13. The highest BCUT2D eigenvalue weighted by molar-refractivity contribution is 5.47. The fourth-order valence-electron chi connectivity index (χ4n) is 13.0. The highest BCUT2D eigenvalue weighted by atomic mass is 16.7. The Morgan fingerprint density at radius 2 is 1.44 bits per heavy atom. The Bertz CT molecular complexity index is 1500. The minimum atomic E-state index is -1.73. The van der Waals surface area contributed by atoms with E-state index < -0.39 is 91.1 Å². The Hall–Kier alpha value is -1.04. The molecule has 5 aliphatic carbocycles. The van der Waals surface area contributed by atoms with E-state index >= 15 is 0 Å². The van der Waals surface area contributed by atoms with Crippen molar-refractivity contribution in [2.75, 3.05) is 19.8 Å². The zero-order valence-electron chi connectivity index (χ0n) is 33.7. The maximum atomic E-state index is 12.0. The summed E-state index contributed by atoms with van der Waals surface area (Å²) in [5, 5.41) is 97.6. The molecule has 3 saturated carbocycles. The number of aliphatic hydroxyl groups excluding tert-OH is 9. The first-order valence-corrected chi connectivity index (χ1v) is 20.6. The van der Waals surface area contributed by atoms with E-state index in [0.717, 1.165) is 38.5 Å². The van der Waals surface area contributed by atoms with Crippen LogP contribution in [0.15, 0.2) is 23.3 Å². The summed E-state index contributed by atoms with van der Waals surface area (Å²) in [6, 6.07) is 0. The van der Waals surface area contributed by atoms with Gasteiger partial charge in [0.05, 0.1) is 38.1 Å². The highest BCUT2D eigenvalue weighted by Gasteiger charge is 2.69. The van der Waals surface area contributed by atoms with Crippen molar-refractivity contribution in [3.63, 3.8) is 0 Å². The molecule has 0 aromatic rings. The molecule has 2 heterocycles. The van der Waals surface area contributed by atoms with Crippen molar-refractivity contribution >= 4 is 0 Å². The number of aliphatic hydroxyl groups is 9. The number of hydrogen-bond donors (Lipinski definition) is 9. The third kappa shape index (κ3) is 6.12. The SMILES string of the molecule is C[C@H]1O[C@@H](O[C@H]2CC[C@@]3(C)C(CC[C@]4(C)[C@@H]3C=CC3=C5CC(C)(C)CC[C@]5(CO)[C@H](O)C[C@@]34C)[C@]2(C)CO)[C@H](O)[C@@H](O[C@@H]2O[C@H](CO)[C@@H](O)[C@H](O)[C@@H]2O)[C@H]1O. The third-order valence-electron chi connectivity index (χ3n) is 16.8. The van der Waals surface area contributed by atoms with E-state index in [0.29, 0.717) is 12.8 Å². The Morgan fingerprint density at radius 1 is 0.745 bits per heavy atom. The summed E-state index contributed by atoms with van der Waals surface area (Å²) >= 11 is 0. The largest absolute Gasteiger partial charge is 0.396 e. The number of hydrogen-bond acceptors (Lipinski definition) is 13. The van der Waals surface area contributed by atoms with E-state index in [4.69, 9.17) is 18.9 Å². The average Bonchev–Trinajstić information content (AvgIpc) is 3.13. The first-order chi connectivity index (χ1) is 25.7. The lowest BCUT2D eigenvalue weighted by atomic mass is 9.35. The van der Waals surface area contributed by atoms with E-state index in [2.05, 4.69) is 46.8 Å². The second-order valence-corrected chi connectivity index (χ2v) is 20.3. The van der Waals surface area contributed by atoms with Gasteiger partial charge in [-0.1, -0.05) is 59.3 Å². The van der Waals surface area contributed by atoms with Crippen molar-refractivity contribution in [3.8, 4) is 0 Å². The predicted molar refractivity (Wildman–Crippen MR) is 199 cm³/mol. The molecule has 9 N–H and O–H groups in total. The Labute approximate surface area is 325 Å². The van der Waals surface area contributed by atoms with Crippen molar-refractivity contribution in [3.05, 3.63) is 23.3 Å². The van der Waals surface area contributed by atoms with Crippen LogP contribution in [0.25, 0.3) is 0 Å². The lowest BCUT2D eigenvalue weighted by Crippen LogP contribution is -2.67. The molecule has 55 heavy (non-hydrogen) atoms. The van der Waals surface area contributed by atoms with Gasteiger partial charge in [-0.3, -0.25) is 0 Å². The lowest BCUT2D eigenvalue weighted by Gasteiger charge is -2.70. The van der Waals surface area contributed by atoms with Crippen LogP contribution in [0.5, 0.6) is 0 Å². The van der Waals surface area contributed by atoms with Crippen LogP contribution < -0.4 is 0 Å². The van der Waals surface area contributed by atoms with Gasteiger partial charge in [0, 0.05) is 16.2 Å².